The number of hydrogen-bond acceptors (Lipinski definition) is 6. The SMILES string of the molecule is CC/C=C\C/C=C\C/C=C\C/C=C\C/C=C\C/C=C\C/C=C\CCCCCC(=O)OC(COC(=O)CCCCCCC/C=C\CCC)COC(=O)CCCCCCCCCCCCCCCCCCCCCCCCCCCC. The van der Waals surface area contributed by atoms with Crippen LogP contribution in [-0.4, -0.2) is 37.2 Å². The van der Waals surface area contributed by atoms with Gasteiger partial charge in [-0.05, 0) is 96.3 Å². The molecule has 0 amide bonds. The Balaban J connectivity index is 4.27. The van der Waals surface area contributed by atoms with Gasteiger partial charge in [0.15, 0.2) is 6.10 Å². The van der Waals surface area contributed by atoms with Crippen LogP contribution in [0.5, 0.6) is 0 Å². The predicted octanol–water partition coefficient (Wildman–Crippen LogP) is 23.2. The Morgan fingerprint density at radius 1 is 0.266 bits per heavy atom. The molecule has 454 valence electrons. The fraction of sp³-hybridized carbons (Fsp3) is 0.740. The van der Waals surface area contributed by atoms with Gasteiger partial charge >= 0.3 is 17.9 Å². The van der Waals surface area contributed by atoms with Crippen LogP contribution in [0, 0.1) is 0 Å². The fourth-order valence-corrected chi connectivity index (χ4v) is 9.55. The minimum atomic E-state index is -0.799. The Morgan fingerprint density at radius 3 is 0.848 bits per heavy atom. The van der Waals surface area contributed by atoms with Crippen molar-refractivity contribution in [3.63, 3.8) is 0 Å². The lowest BCUT2D eigenvalue weighted by Gasteiger charge is -2.18. The van der Waals surface area contributed by atoms with Crippen LogP contribution in [-0.2, 0) is 28.6 Å². The number of unbranched alkanes of at least 4 members (excludes halogenated alkanes) is 34. The van der Waals surface area contributed by atoms with Crippen molar-refractivity contribution < 1.29 is 28.6 Å². The van der Waals surface area contributed by atoms with Gasteiger partial charge in [-0.2, -0.15) is 0 Å². The van der Waals surface area contributed by atoms with Gasteiger partial charge in [0.05, 0.1) is 0 Å². The average molecular weight is 1100 g/mol. The van der Waals surface area contributed by atoms with Crippen molar-refractivity contribution in [2.45, 2.75) is 335 Å². The number of hydrogen-bond donors (Lipinski definition) is 0. The molecule has 0 aliphatic heterocycles. The van der Waals surface area contributed by atoms with Crippen molar-refractivity contribution in [3.8, 4) is 0 Å². The molecule has 0 heterocycles. The summed E-state index contributed by atoms with van der Waals surface area (Å²) < 4.78 is 16.9. The van der Waals surface area contributed by atoms with Crippen LogP contribution in [0.15, 0.2) is 97.2 Å². The van der Waals surface area contributed by atoms with E-state index in [0.717, 1.165) is 128 Å². The second kappa shape index (κ2) is 66.8. The summed E-state index contributed by atoms with van der Waals surface area (Å²) in [7, 11) is 0. The highest BCUT2D eigenvalue weighted by Crippen LogP contribution is 2.17. The van der Waals surface area contributed by atoms with Crippen LogP contribution >= 0.6 is 0 Å². The molecule has 0 radical (unpaired) electrons. The maximum Gasteiger partial charge on any atom is 0.306 e. The van der Waals surface area contributed by atoms with Crippen LogP contribution in [0.1, 0.15) is 329 Å². The van der Waals surface area contributed by atoms with Crippen molar-refractivity contribution in [2.24, 2.45) is 0 Å². The molecule has 6 heteroatoms. The summed E-state index contributed by atoms with van der Waals surface area (Å²) in [4.78, 5) is 38.3. The summed E-state index contributed by atoms with van der Waals surface area (Å²) in [5, 5.41) is 0. The molecule has 1 unspecified atom stereocenters. The molecule has 0 aromatic carbocycles. The third-order valence-corrected chi connectivity index (χ3v) is 14.6. The molecule has 6 nitrogen and oxygen atoms in total. The number of esters is 3. The second-order valence-electron chi connectivity index (χ2n) is 22.4. The van der Waals surface area contributed by atoms with E-state index < -0.39 is 6.10 Å². The van der Waals surface area contributed by atoms with Gasteiger partial charge in [0.1, 0.15) is 13.2 Å². The minimum Gasteiger partial charge on any atom is -0.462 e. The first-order valence-corrected chi connectivity index (χ1v) is 33.7. The Hall–Kier alpha value is -3.67. The van der Waals surface area contributed by atoms with E-state index in [0.29, 0.717) is 12.8 Å². The van der Waals surface area contributed by atoms with Gasteiger partial charge in [0.25, 0.3) is 0 Å². The molecule has 79 heavy (non-hydrogen) atoms. The zero-order valence-corrected chi connectivity index (χ0v) is 52.1. The highest BCUT2D eigenvalue weighted by atomic mass is 16.6. The second-order valence-corrected chi connectivity index (χ2v) is 22.4. The van der Waals surface area contributed by atoms with Crippen molar-refractivity contribution in [3.05, 3.63) is 97.2 Å². The van der Waals surface area contributed by atoms with E-state index in [2.05, 4.69) is 118 Å². The Kier molecular flexibility index (Phi) is 63.7. The first-order valence-electron chi connectivity index (χ1n) is 33.7. The number of rotatable bonds is 61. The topological polar surface area (TPSA) is 78.9 Å². The third-order valence-electron chi connectivity index (χ3n) is 14.6. The predicted molar refractivity (Wildman–Crippen MR) is 344 cm³/mol. The highest BCUT2D eigenvalue weighted by Gasteiger charge is 2.19. The third kappa shape index (κ3) is 65.0. The fourth-order valence-electron chi connectivity index (χ4n) is 9.55. The number of carbonyl (C=O) groups excluding carboxylic acids is 3. The zero-order chi connectivity index (χ0) is 57.1. The summed E-state index contributed by atoms with van der Waals surface area (Å²) in [6, 6.07) is 0. The monoisotopic (exact) mass is 1100 g/mol. The van der Waals surface area contributed by atoms with E-state index >= 15 is 0 Å². The van der Waals surface area contributed by atoms with E-state index in [4.69, 9.17) is 14.2 Å². The molecule has 0 fully saturated rings. The standard InChI is InChI=1S/C73H126O6/c1-4-7-10-13-16-19-22-24-26-28-30-32-34-36-38-39-41-43-45-47-49-51-54-57-60-63-66-72(75)78-69-70(68-77-71(74)65-62-59-56-53-21-18-15-12-9-6-3)79-73(76)67-64-61-58-55-52-50-48-46-44-42-40-37-35-33-31-29-27-25-23-20-17-14-11-8-5-2/h8,11-12,15,17,20,25,27,31,33,37,40,44,46,50,52,70H,4-7,9-10,13-14,16,18-19,21-24,26,28-30,32,34-36,38-39,41-43,45,47-49,51,53-69H2,1-3H3/b11-8-,15-12-,20-17-,27-25-,33-31-,40-37-,46-44-,52-50-. The average Bonchev–Trinajstić information content (AvgIpc) is 3.45. The normalized spacial score (nSPS) is 12.7. The summed E-state index contributed by atoms with van der Waals surface area (Å²) in [6.45, 7) is 6.47. The molecule has 0 aliphatic carbocycles. The Bertz CT molecular complexity index is 1540. The maximum absolute atomic E-state index is 12.9. The van der Waals surface area contributed by atoms with Crippen LogP contribution in [0.2, 0.25) is 0 Å². The first-order chi connectivity index (χ1) is 39.0. The number of carbonyl (C=O) groups is 3. The van der Waals surface area contributed by atoms with E-state index in [9.17, 15) is 14.4 Å². The summed E-state index contributed by atoms with van der Waals surface area (Å²) in [5.41, 5.74) is 0. The van der Waals surface area contributed by atoms with Crippen LogP contribution in [0.25, 0.3) is 0 Å². The van der Waals surface area contributed by atoms with Gasteiger partial charge in [-0.25, -0.2) is 0 Å². The van der Waals surface area contributed by atoms with Crippen molar-refractivity contribution >= 4 is 17.9 Å². The lowest BCUT2D eigenvalue weighted by atomic mass is 10.0. The largest absolute Gasteiger partial charge is 0.462 e. The molecule has 0 aromatic heterocycles. The van der Waals surface area contributed by atoms with E-state index in [-0.39, 0.29) is 37.5 Å². The lowest BCUT2D eigenvalue weighted by Crippen LogP contribution is -2.30. The summed E-state index contributed by atoms with van der Waals surface area (Å²) in [5.74, 6) is -0.925. The van der Waals surface area contributed by atoms with Gasteiger partial charge < -0.3 is 14.2 Å². The number of allylic oxidation sites excluding steroid dienone is 16. The van der Waals surface area contributed by atoms with Gasteiger partial charge in [-0.15, -0.1) is 0 Å². The quantitative estimate of drug-likeness (QED) is 0.0261. The van der Waals surface area contributed by atoms with Crippen LogP contribution in [0.3, 0.4) is 0 Å². The molecule has 0 N–H and O–H groups in total. The maximum atomic E-state index is 12.9. The van der Waals surface area contributed by atoms with Gasteiger partial charge in [-0.3, -0.25) is 14.4 Å². The molecule has 1 atom stereocenters. The number of ether oxygens (including phenoxy) is 3. The molecule has 0 spiro atoms. The Morgan fingerprint density at radius 2 is 0.519 bits per heavy atom. The molecule has 0 saturated heterocycles. The van der Waals surface area contributed by atoms with Crippen molar-refractivity contribution in [1.82, 2.24) is 0 Å². The van der Waals surface area contributed by atoms with E-state index in [1.54, 1.807) is 0 Å². The molecule has 0 aliphatic rings. The first kappa shape index (κ1) is 75.3. The molecule has 0 saturated carbocycles. The van der Waals surface area contributed by atoms with Crippen molar-refractivity contribution in [2.75, 3.05) is 13.2 Å². The van der Waals surface area contributed by atoms with Crippen LogP contribution < -0.4 is 0 Å². The minimum absolute atomic E-state index is 0.0917. The summed E-state index contributed by atoms with van der Waals surface area (Å²) in [6.07, 6.45) is 90.1. The smallest absolute Gasteiger partial charge is 0.306 e. The van der Waals surface area contributed by atoms with Crippen LogP contribution in [0.4, 0.5) is 0 Å². The Labute approximate surface area is 489 Å². The van der Waals surface area contributed by atoms with E-state index in [1.807, 2.05) is 0 Å². The summed E-state index contributed by atoms with van der Waals surface area (Å²) >= 11 is 0. The van der Waals surface area contributed by atoms with Gasteiger partial charge in [0, 0.05) is 19.3 Å². The van der Waals surface area contributed by atoms with Gasteiger partial charge in [-0.1, -0.05) is 311 Å². The van der Waals surface area contributed by atoms with E-state index in [1.165, 1.54) is 161 Å². The molecular formula is C73H126O6. The molecule has 0 aromatic rings. The molecular weight excluding hydrogens is 973 g/mol. The molecule has 0 bridgehead atoms. The molecule has 0 rings (SSSR count). The lowest BCUT2D eigenvalue weighted by molar-refractivity contribution is -0.167. The zero-order valence-electron chi connectivity index (χ0n) is 52.1. The van der Waals surface area contributed by atoms with Crippen molar-refractivity contribution in [1.29, 1.82) is 0 Å². The highest BCUT2D eigenvalue weighted by molar-refractivity contribution is 5.71. The van der Waals surface area contributed by atoms with Gasteiger partial charge in [0.2, 0.25) is 0 Å².